The lowest BCUT2D eigenvalue weighted by molar-refractivity contribution is -0.0298. The van der Waals surface area contributed by atoms with Crippen molar-refractivity contribution in [2.24, 2.45) is 5.41 Å². The van der Waals surface area contributed by atoms with E-state index >= 15 is 0 Å². The summed E-state index contributed by atoms with van der Waals surface area (Å²) < 4.78 is 14.7. The van der Waals surface area contributed by atoms with Crippen LogP contribution in [0.25, 0.3) is 6.08 Å². The van der Waals surface area contributed by atoms with Crippen LogP contribution in [0, 0.1) is 11.2 Å². The van der Waals surface area contributed by atoms with Crippen molar-refractivity contribution in [1.82, 2.24) is 14.8 Å². The van der Waals surface area contributed by atoms with Crippen LogP contribution in [-0.4, -0.2) is 25.5 Å². The van der Waals surface area contributed by atoms with Crippen molar-refractivity contribution in [2.45, 2.75) is 38.8 Å². The molecule has 3 rings (SSSR count). The molecule has 1 unspecified atom stereocenters. The molecular formula is C17H20FN3O. The number of aliphatic hydroxyl groups is 1. The average Bonchev–Trinajstić information content (AvgIpc) is 3.04. The fraction of sp³-hybridized carbons (Fsp3) is 0.412. The predicted octanol–water partition coefficient (Wildman–Crippen LogP) is 3.05. The summed E-state index contributed by atoms with van der Waals surface area (Å²) in [7, 11) is 0. The fourth-order valence-electron chi connectivity index (χ4n) is 3.11. The van der Waals surface area contributed by atoms with Crippen LogP contribution in [0.15, 0.2) is 42.5 Å². The molecule has 0 saturated heterocycles. The van der Waals surface area contributed by atoms with Crippen molar-refractivity contribution in [3.8, 4) is 0 Å². The molecule has 0 aliphatic heterocycles. The molecule has 4 nitrogen and oxygen atoms in total. The third-order valence-corrected chi connectivity index (χ3v) is 4.74. The number of nitrogens with zero attached hydrogens (tertiary/aromatic N) is 3. The van der Waals surface area contributed by atoms with Gasteiger partial charge in [-0.15, -0.1) is 0 Å². The Bertz CT molecular complexity index is 676. The predicted molar refractivity (Wildman–Crippen MR) is 82.4 cm³/mol. The van der Waals surface area contributed by atoms with Gasteiger partial charge in [-0.05, 0) is 41.5 Å². The number of hydrogen-bond donors (Lipinski definition) is 1. The summed E-state index contributed by atoms with van der Waals surface area (Å²) >= 11 is 0. The molecular weight excluding hydrogens is 281 g/mol. The van der Waals surface area contributed by atoms with E-state index in [1.165, 1.54) is 18.5 Å². The van der Waals surface area contributed by atoms with Crippen LogP contribution in [0.5, 0.6) is 0 Å². The standard InChI is InChI=1S/C17H20FN3O/c1-16(2)8-7-14(9-13-3-5-15(18)6-4-13)17(16,22)10-21-12-19-11-20-21/h3-6,9,11-12,22H,7-8,10H2,1-2H3. The van der Waals surface area contributed by atoms with Gasteiger partial charge in [-0.25, -0.2) is 14.1 Å². The number of halogens is 1. The highest BCUT2D eigenvalue weighted by Gasteiger charge is 2.51. The molecule has 116 valence electrons. The quantitative estimate of drug-likeness (QED) is 0.948. The molecule has 1 N–H and O–H groups in total. The van der Waals surface area contributed by atoms with Gasteiger partial charge in [0.25, 0.3) is 0 Å². The summed E-state index contributed by atoms with van der Waals surface area (Å²) in [6.07, 6.45) is 6.75. The van der Waals surface area contributed by atoms with E-state index in [0.29, 0.717) is 6.54 Å². The summed E-state index contributed by atoms with van der Waals surface area (Å²) in [5.41, 5.74) is 0.602. The highest BCUT2D eigenvalue weighted by Crippen LogP contribution is 2.50. The highest BCUT2D eigenvalue weighted by molar-refractivity contribution is 5.56. The van der Waals surface area contributed by atoms with Crippen LogP contribution in [0.4, 0.5) is 4.39 Å². The number of hydrogen-bond acceptors (Lipinski definition) is 3. The van der Waals surface area contributed by atoms with Crippen LogP contribution in [0.3, 0.4) is 0 Å². The second-order valence-corrected chi connectivity index (χ2v) is 6.56. The molecule has 5 heteroatoms. The summed E-state index contributed by atoms with van der Waals surface area (Å²) in [5.74, 6) is -0.258. The molecule has 1 aromatic heterocycles. The first kappa shape index (κ1) is 14.9. The molecule has 1 heterocycles. The Labute approximate surface area is 129 Å². The topological polar surface area (TPSA) is 50.9 Å². The SMILES string of the molecule is CC1(C)CCC(=Cc2ccc(F)cc2)C1(O)Cn1cncn1. The molecule has 1 fully saturated rings. The first-order valence-corrected chi connectivity index (χ1v) is 7.42. The van der Waals surface area contributed by atoms with Crippen molar-refractivity contribution in [3.63, 3.8) is 0 Å². The largest absolute Gasteiger partial charge is 0.383 e. The first-order valence-electron chi connectivity index (χ1n) is 7.42. The Hall–Kier alpha value is -2.01. The zero-order valence-electron chi connectivity index (χ0n) is 12.8. The second kappa shape index (κ2) is 5.32. The van der Waals surface area contributed by atoms with Gasteiger partial charge < -0.3 is 5.11 Å². The van der Waals surface area contributed by atoms with Gasteiger partial charge >= 0.3 is 0 Å². The fourth-order valence-corrected chi connectivity index (χ4v) is 3.11. The van der Waals surface area contributed by atoms with E-state index in [4.69, 9.17) is 0 Å². The van der Waals surface area contributed by atoms with Gasteiger partial charge in [0, 0.05) is 0 Å². The lowest BCUT2D eigenvalue weighted by Crippen LogP contribution is -2.45. The van der Waals surface area contributed by atoms with Crippen molar-refractivity contribution >= 4 is 6.08 Å². The molecule has 1 aliphatic rings. The Balaban J connectivity index is 1.97. The minimum atomic E-state index is -0.991. The minimum absolute atomic E-state index is 0.258. The average molecular weight is 301 g/mol. The van der Waals surface area contributed by atoms with Gasteiger partial charge in [0.1, 0.15) is 24.1 Å². The zero-order valence-corrected chi connectivity index (χ0v) is 12.8. The van der Waals surface area contributed by atoms with Gasteiger partial charge in [-0.1, -0.05) is 32.1 Å². The smallest absolute Gasteiger partial charge is 0.137 e. The molecule has 0 radical (unpaired) electrons. The monoisotopic (exact) mass is 301 g/mol. The lowest BCUT2D eigenvalue weighted by atomic mass is 9.76. The molecule has 22 heavy (non-hydrogen) atoms. The summed E-state index contributed by atoms with van der Waals surface area (Å²) in [6.45, 7) is 4.50. The summed E-state index contributed by atoms with van der Waals surface area (Å²) in [4.78, 5) is 3.94. The van der Waals surface area contributed by atoms with E-state index in [0.717, 1.165) is 24.0 Å². The van der Waals surface area contributed by atoms with Crippen LogP contribution in [0.2, 0.25) is 0 Å². The number of benzene rings is 1. The molecule has 1 atom stereocenters. The molecule has 1 saturated carbocycles. The van der Waals surface area contributed by atoms with E-state index in [-0.39, 0.29) is 11.2 Å². The van der Waals surface area contributed by atoms with E-state index < -0.39 is 5.60 Å². The summed E-state index contributed by atoms with van der Waals surface area (Å²) in [6, 6.07) is 6.32. The number of rotatable bonds is 3. The van der Waals surface area contributed by atoms with Crippen molar-refractivity contribution in [1.29, 1.82) is 0 Å². The zero-order chi connectivity index (χ0) is 15.8. The normalized spacial score (nSPS) is 25.7. The molecule has 1 aromatic carbocycles. The number of aromatic nitrogens is 3. The maximum Gasteiger partial charge on any atom is 0.137 e. The Kier molecular flexibility index (Phi) is 3.60. The Morgan fingerprint density at radius 2 is 2.05 bits per heavy atom. The highest BCUT2D eigenvalue weighted by atomic mass is 19.1. The molecule has 2 aromatic rings. The second-order valence-electron chi connectivity index (χ2n) is 6.56. The minimum Gasteiger partial charge on any atom is -0.383 e. The van der Waals surface area contributed by atoms with Gasteiger partial charge in [0.2, 0.25) is 0 Å². The summed E-state index contributed by atoms with van der Waals surface area (Å²) in [5, 5.41) is 15.4. The van der Waals surface area contributed by atoms with Crippen LogP contribution >= 0.6 is 0 Å². The van der Waals surface area contributed by atoms with Gasteiger partial charge in [0.15, 0.2) is 0 Å². The van der Waals surface area contributed by atoms with E-state index in [9.17, 15) is 9.50 Å². The molecule has 0 bridgehead atoms. The maximum absolute atomic E-state index is 13.0. The van der Waals surface area contributed by atoms with E-state index in [1.54, 1.807) is 23.1 Å². The van der Waals surface area contributed by atoms with Crippen LogP contribution < -0.4 is 0 Å². The third kappa shape index (κ3) is 2.57. The van der Waals surface area contributed by atoms with Gasteiger partial charge in [-0.3, -0.25) is 0 Å². The molecule has 1 aliphatic carbocycles. The van der Waals surface area contributed by atoms with Crippen molar-refractivity contribution < 1.29 is 9.50 Å². The lowest BCUT2D eigenvalue weighted by Gasteiger charge is -2.37. The molecule has 0 spiro atoms. The van der Waals surface area contributed by atoms with Crippen molar-refractivity contribution in [2.75, 3.05) is 0 Å². The first-order chi connectivity index (χ1) is 10.4. The Morgan fingerprint density at radius 3 is 2.68 bits per heavy atom. The third-order valence-electron chi connectivity index (χ3n) is 4.74. The van der Waals surface area contributed by atoms with E-state index in [2.05, 4.69) is 23.9 Å². The van der Waals surface area contributed by atoms with Crippen LogP contribution in [-0.2, 0) is 6.54 Å². The van der Waals surface area contributed by atoms with Crippen molar-refractivity contribution in [3.05, 3.63) is 53.9 Å². The van der Waals surface area contributed by atoms with E-state index in [1.807, 2.05) is 6.08 Å². The van der Waals surface area contributed by atoms with Crippen LogP contribution in [0.1, 0.15) is 32.3 Å². The maximum atomic E-state index is 13.0. The van der Waals surface area contributed by atoms with Gasteiger partial charge in [-0.2, -0.15) is 5.10 Å². The Morgan fingerprint density at radius 1 is 1.32 bits per heavy atom. The van der Waals surface area contributed by atoms with Gasteiger partial charge in [0.05, 0.1) is 6.54 Å². The molecule has 0 amide bonds.